The maximum Gasteiger partial charge on any atom is 0.238 e. The quantitative estimate of drug-likeness (QED) is 0.560. The Morgan fingerprint density at radius 1 is 0.667 bits per heavy atom. The summed E-state index contributed by atoms with van der Waals surface area (Å²) in [6.07, 6.45) is 0. The van der Waals surface area contributed by atoms with Crippen LogP contribution < -0.4 is 4.90 Å². The molecular formula is C27H23NO2. The van der Waals surface area contributed by atoms with Crippen LogP contribution in [0.3, 0.4) is 0 Å². The average molecular weight is 393 g/mol. The van der Waals surface area contributed by atoms with Gasteiger partial charge in [-0.1, -0.05) is 74.5 Å². The number of hydrogen-bond donors (Lipinski definition) is 0. The van der Waals surface area contributed by atoms with E-state index < -0.39 is 22.7 Å². The van der Waals surface area contributed by atoms with Crippen molar-refractivity contribution in [2.24, 2.45) is 11.8 Å². The summed E-state index contributed by atoms with van der Waals surface area (Å²) in [5.74, 6) is -0.956. The smallest absolute Gasteiger partial charge is 0.238 e. The normalized spacial score (nSPS) is 30.8. The molecule has 2 atom stereocenters. The van der Waals surface area contributed by atoms with E-state index in [1.807, 2.05) is 55.5 Å². The fourth-order valence-electron chi connectivity index (χ4n) is 6.59. The molecule has 0 unspecified atom stereocenters. The molecule has 1 fully saturated rings. The summed E-state index contributed by atoms with van der Waals surface area (Å²) < 4.78 is 0. The highest BCUT2D eigenvalue weighted by molar-refractivity contribution is 6.24. The van der Waals surface area contributed by atoms with Crippen molar-refractivity contribution in [3.63, 3.8) is 0 Å². The summed E-state index contributed by atoms with van der Waals surface area (Å²) in [6.45, 7) is 6.30. The molecule has 30 heavy (non-hydrogen) atoms. The van der Waals surface area contributed by atoms with Crippen LogP contribution in [0.2, 0.25) is 0 Å². The first kappa shape index (κ1) is 17.6. The van der Waals surface area contributed by atoms with Gasteiger partial charge in [0.2, 0.25) is 11.8 Å². The van der Waals surface area contributed by atoms with E-state index in [0.29, 0.717) is 5.69 Å². The maximum atomic E-state index is 13.9. The molecule has 3 aromatic carbocycles. The van der Waals surface area contributed by atoms with Crippen LogP contribution in [0, 0.1) is 18.8 Å². The molecular weight excluding hydrogens is 370 g/mol. The van der Waals surface area contributed by atoms with Crippen LogP contribution in [0.1, 0.15) is 41.7 Å². The number of aryl methyl sites for hydroxylation is 1. The minimum absolute atomic E-state index is 0.0756. The van der Waals surface area contributed by atoms with Crippen molar-refractivity contribution in [2.45, 2.75) is 31.6 Å². The number of nitrogens with zero attached hydrogens (tertiary/aromatic N) is 1. The van der Waals surface area contributed by atoms with E-state index in [-0.39, 0.29) is 11.8 Å². The number of carbonyl (C=O) groups is 2. The van der Waals surface area contributed by atoms with Crippen LogP contribution in [-0.2, 0) is 20.4 Å². The van der Waals surface area contributed by atoms with Crippen LogP contribution in [-0.4, -0.2) is 11.8 Å². The number of amides is 2. The monoisotopic (exact) mass is 393 g/mol. The lowest BCUT2D eigenvalue weighted by atomic mass is 9.42. The molecule has 1 aliphatic heterocycles. The Bertz CT molecular complexity index is 1140. The Labute approximate surface area is 176 Å². The minimum Gasteiger partial charge on any atom is -0.274 e. The molecule has 2 amide bonds. The first-order chi connectivity index (χ1) is 14.4. The van der Waals surface area contributed by atoms with Crippen molar-refractivity contribution < 1.29 is 9.59 Å². The minimum atomic E-state index is -0.527. The topological polar surface area (TPSA) is 37.4 Å². The van der Waals surface area contributed by atoms with E-state index in [1.165, 1.54) is 27.2 Å². The second-order valence-electron chi connectivity index (χ2n) is 9.30. The van der Waals surface area contributed by atoms with Crippen molar-refractivity contribution >= 4 is 17.5 Å². The summed E-state index contributed by atoms with van der Waals surface area (Å²) in [7, 11) is 0. The zero-order valence-electron chi connectivity index (χ0n) is 17.3. The molecule has 0 spiro atoms. The SMILES string of the molecule is Cc1cccc(N2C(=O)[C@@H]3[C@H](C2=O)C2(C)c4ccccc4C3(C)c3ccccc32)c1. The predicted molar refractivity (Wildman–Crippen MR) is 116 cm³/mol. The third-order valence-electron chi connectivity index (χ3n) is 7.90. The molecule has 0 N–H and O–H groups in total. The molecule has 3 nitrogen and oxygen atoms in total. The lowest BCUT2D eigenvalue weighted by Crippen LogP contribution is -2.59. The van der Waals surface area contributed by atoms with Crippen molar-refractivity contribution in [1.29, 1.82) is 0 Å². The van der Waals surface area contributed by atoms with Gasteiger partial charge in [-0.2, -0.15) is 0 Å². The van der Waals surface area contributed by atoms with Gasteiger partial charge in [0.15, 0.2) is 0 Å². The number of benzene rings is 3. The maximum absolute atomic E-state index is 13.9. The summed E-state index contributed by atoms with van der Waals surface area (Å²) in [5.41, 5.74) is 5.38. The summed E-state index contributed by atoms with van der Waals surface area (Å²) in [5, 5.41) is 0. The first-order valence-electron chi connectivity index (χ1n) is 10.5. The van der Waals surface area contributed by atoms with Crippen LogP contribution >= 0.6 is 0 Å². The molecule has 3 aromatic rings. The third kappa shape index (κ3) is 1.78. The number of rotatable bonds is 1. The van der Waals surface area contributed by atoms with Gasteiger partial charge in [0.05, 0.1) is 17.5 Å². The van der Waals surface area contributed by atoms with Crippen molar-refractivity contribution in [2.75, 3.05) is 4.90 Å². The van der Waals surface area contributed by atoms with Crippen molar-refractivity contribution in [3.8, 4) is 0 Å². The molecule has 0 saturated carbocycles. The fourth-order valence-corrected chi connectivity index (χ4v) is 6.59. The van der Waals surface area contributed by atoms with Gasteiger partial charge in [-0.3, -0.25) is 9.59 Å². The Hall–Kier alpha value is -3.20. The van der Waals surface area contributed by atoms with Gasteiger partial charge in [-0.25, -0.2) is 4.90 Å². The number of hydrogen-bond acceptors (Lipinski definition) is 2. The van der Waals surface area contributed by atoms with Gasteiger partial charge < -0.3 is 0 Å². The van der Waals surface area contributed by atoms with E-state index >= 15 is 0 Å². The van der Waals surface area contributed by atoms with Gasteiger partial charge in [0.1, 0.15) is 0 Å². The summed E-state index contributed by atoms with van der Waals surface area (Å²) in [4.78, 5) is 29.3. The molecule has 2 bridgehead atoms. The number of imide groups is 1. The van der Waals surface area contributed by atoms with Gasteiger partial charge >= 0.3 is 0 Å². The lowest BCUT2D eigenvalue weighted by molar-refractivity contribution is -0.124. The highest BCUT2D eigenvalue weighted by atomic mass is 16.2. The highest BCUT2D eigenvalue weighted by Gasteiger charge is 2.70. The molecule has 1 saturated heterocycles. The molecule has 4 aliphatic rings. The van der Waals surface area contributed by atoms with E-state index in [9.17, 15) is 9.59 Å². The van der Waals surface area contributed by atoms with E-state index in [2.05, 4.69) is 38.1 Å². The molecule has 148 valence electrons. The standard InChI is InChI=1S/C27H23NO2/c1-16-9-8-10-17(15-16)28-24(29)22-23(25(28)30)27(3)20-13-6-4-11-18(20)26(22,2)19-12-5-7-14-21(19)27/h4-15,22-23H,1-3H3/t22-,23+,26?,27?. The van der Waals surface area contributed by atoms with E-state index in [1.54, 1.807) is 0 Å². The van der Waals surface area contributed by atoms with Crippen molar-refractivity contribution in [3.05, 3.63) is 101 Å². The highest BCUT2D eigenvalue weighted by Crippen LogP contribution is 2.66. The second kappa shape index (κ2) is 5.48. The number of anilines is 1. The summed E-state index contributed by atoms with van der Waals surface area (Å²) >= 11 is 0. The zero-order chi connectivity index (χ0) is 20.8. The van der Waals surface area contributed by atoms with Gasteiger partial charge in [-0.15, -0.1) is 0 Å². The largest absolute Gasteiger partial charge is 0.274 e. The molecule has 7 rings (SSSR count). The predicted octanol–water partition coefficient (Wildman–Crippen LogP) is 4.74. The van der Waals surface area contributed by atoms with Crippen LogP contribution in [0.25, 0.3) is 0 Å². The van der Waals surface area contributed by atoms with Crippen LogP contribution in [0.5, 0.6) is 0 Å². The number of carbonyl (C=O) groups excluding carboxylic acids is 2. The van der Waals surface area contributed by atoms with Gasteiger partial charge in [0, 0.05) is 10.8 Å². The molecule has 3 aliphatic carbocycles. The molecule has 0 aromatic heterocycles. The molecule has 0 radical (unpaired) electrons. The first-order valence-corrected chi connectivity index (χ1v) is 10.5. The molecule has 1 heterocycles. The second-order valence-corrected chi connectivity index (χ2v) is 9.30. The molecule has 3 heteroatoms. The Morgan fingerprint density at radius 2 is 1.10 bits per heavy atom. The van der Waals surface area contributed by atoms with Crippen molar-refractivity contribution in [1.82, 2.24) is 0 Å². The Kier molecular flexibility index (Phi) is 3.22. The summed E-state index contributed by atoms with van der Waals surface area (Å²) in [6, 6.07) is 24.5. The average Bonchev–Trinajstić information content (AvgIpc) is 3.03. The van der Waals surface area contributed by atoms with Gasteiger partial charge in [-0.05, 0) is 46.9 Å². The van der Waals surface area contributed by atoms with E-state index in [0.717, 1.165) is 5.56 Å². The van der Waals surface area contributed by atoms with Crippen LogP contribution in [0.15, 0.2) is 72.8 Å². The van der Waals surface area contributed by atoms with Crippen LogP contribution in [0.4, 0.5) is 5.69 Å². The van der Waals surface area contributed by atoms with Gasteiger partial charge in [0.25, 0.3) is 0 Å². The lowest BCUT2D eigenvalue weighted by Gasteiger charge is -2.57. The third-order valence-corrected chi connectivity index (χ3v) is 7.90. The Balaban J connectivity index is 1.67. The van der Waals surface area contributed by atoms with E-state index in [4.69, 9.17) is 0 Å². The Morgan fingerprint density at radius 3 is 1.50 bits per heavy atom. The fraction of sp³-hybridized carbons (Fsp3) is 0.259. The zero-order valence-corrected chi connectivity index (χ0v) is 17.3.